The molecule has 2 aromatic rings. The lowest BCUT2D eigenvalue weighted by molar-refractivity contribution is -0.00834. The second-order valence-corrected chi connectivity index (χ2v) is 8.75. The Morgan fingerprint density at radius 3 is 2.52 bits per heavy atom. The van der Waals surface area contributed by atoms with Gasteiger partial charge in [0.05, 0.1) is 32.0 Å². The van der Waals surface area contributed by atoms with Gasteiger partial charge in [-0.25, -0.2) is 4.99 Å². The van der Waals surface area contributed by atoms with Crippen molar-refractivity contribution in [3.8, 4) is 0 Å². The zero-order valence-corrected chi connectivity index (χ0v) is 19.7. The molecule has 0 unspecified atom stereocenters. The first-order valence-electron chi connectivity index (χ1n) is 11.3. The topological polar surface area (TPSA) is 66.7 Å². The molecule has 0 radical (unpaired) electrons. The van der Waals surface area contributed by atoms with Gasteiger partial charge in [-0.15, -0.1) is 0 Å². The zero-order valence-electron chi connectivity index (χ0n) is 19.7. The summed E-state index contributed by atoms with van der Waals surface area (Å²) in [7, 11) is 0. The van der Waals surface area contributed by atoms with Gasteiger partial charge >= 0.3 is 0 Å². The molecule has 1 aromatic carbocycles. The van der Waals surface area contributed by atoms with Crippen LogP contribution in [0.25, 0.3) is 0 Å². The summed E-state index contributed by atoms with van der Waals surface area (Å²) < 4.78 is 7.58. The Balaban J connectivity index is 1.66. The number of morpholine rings is 1. The van der Waals surface area contributed by atoms with Gasteiger partial charge in [-0.3, -0.25) is 9.58 Å². The van der Waals surface area contributed by atoms with Crippen LogP contribution in [-0.4, -0.2) is 65.6 Å². The number of nitrogens with one attached hydrogen (secondary N) is 2. The number of hydrogen-bond acceptors (Lipinski definition) is 4. The first kappa shape index (κ1) is 23.3. The highest BCUT2D eigenvalue weighted by molar-refractivity contribution is 5.79. The average molecular weight is 427 g/mol. The van der Waals surface area contributed by atoms with Crippen molar-refractivity contribution in [3.05, 3.63) is 52.8 Å². The fourth-order valence-electron chi connectivity index (χ4n) is 3.95. The van der Waals surface area contributed by atoms with E-state index in [-0.39, 0.29) is 5.54 Å². The van der Waals surface area contributed by atoms with E-state index in [4.69, 9.17) is 14.8 Å². The highest BCUT2D eigenvalue weighted by atomic mass is 16.5. The summed E-state index contributed by atoms with van der Waals surface area (Å²) in [5.74, 6) is 0.846. The van der Waals surface area contributed by atoms with Gasteiger partial charge in [0.1, 0.15) is 0 Å². The van der Waals surface area contributed by atoms with Crippen molar-refractivity contribution in [3.63, 3.8) is 0 Å². The van der Waals surface area contributed by atoms with Crippen molar-refractivity contribution in [2.24, 2.45) is 4.99 Å². The van der Waals surface area contributed by atoms with Crippen LogP contribution in [0.3, 0.4) is 0 Å². The molecular formula is C24H38N6O. The van der Waals surface area contributed by atoms with Crippen LogP contribution in [0.5, 0.6) is 0 Å². The lowest BCUT2D eigenvalue weighted by Gasteiger charge is -2.41. The standard InChI is InChI=1S/C24H38N6O/c1-6-25-23(27-18-24(4,5)29-12-14-31-15-13-29)26-16-22-19(2)28-30(20(22)3)17-21-10-8-7-9-11-21/h7-11H,6,12-18H2,1-5H3,(H2,25,26,27). The number of guanidine groups is 1. The number of benzene rings is 1. The maximum Gasteiger partial charge on any atom is 0.191 e. The molecule has 0 atom stereocenters. The van der Waals surface area contributed by atoms with Crippen molar-refractivity contribution in [1.29, 1.82) is 0 Å². The van der Waals surface area contributed by atoms with E-state index < -0.39 is 0 Å². The Hall–Kier alpha value is -2.38. The van der Waals surface area contributed by atoms with E-state index in [2.05, 4.69) is 79.1 Å². The summed E-state index contributed by atoms with van der Waals surface area (Å²) in [6, 6.07) is 10.5. The van der Waals surface area contributed by atoms with Crippen LogP contribution in [0.1, 0.15) is 43.3 Å². The summed E-state index contributed by atoms with van der Waals surface area (Å²) in [5, 5.41) is 11.7. The normalized spacial score (nSPS) is 15.8. The summed E-state index contributed by atoms with van der Waals surface area (Å²) in [6.07, 6.45) is 0. The SMILES string of the molecule is CCNC(=NCc1c(C)nn(Cc2ccccc2)c1C)NCC(C)(C)N1CCOCC1. The van der Waals surface area contributed by atoms with Crippen LogP contribution < -0.4 is 10.6 Å². The van der Waals surface area contributed by atoms with Gasteiger partial charge in [-0.1, -0.05) is 30.3 Å². The van der Waals surface area contributed by atoms with Crippen molar-refractivity contribution >= 4 is 5.96 Å². The maximum absolute atomic E-state index is 5.50. The van der Waals surface area contributed by atoms with E-state index >= 15 is 0 Å². The molecule has 1 saturated heterocycles. The number of rotatable bonds is 8. The Labute approximate surface area is 186 Å². The molecule has 1 aliphatic rings. The molecule has 170 valence electrons. The van der Waals surface area contributed by atoms with Crippen LogP contribution in [0.2, 0.25) is 0 Å². The van der Waals surface area contributed by atoms with Crippen LogP contribution in [0.4, 0.5) is 0 Å². The van der Waals surface area contributed by atoms with E-state index in [0.717, 1.165) is 57.6 Å². The molecule has 1 aliphatic heterocycles. The molecule has 7 nitrogen and oxygen atoms in total. The van der Waals surface area contributed by atoms with E-state index in [1.165, 1.54) is 16.8 Å². The Morgan fingerprint density at radius 2 is 1.84 bits per heavy atom. The fourth-order valence-corrected chi connectivity index (χ4v) is 3.95. The number of nitrogens with zero attached hydrogens (tertiary/aromatic N) is 4. The van der Waals surface area contributed by atoms with Crippen LogP contribution >= 0.6 is 0 Å². The maximum atomic E-state index is 5.50. The zero-order chi connectivity index (χ0) is 22.3. The van der Waals surface area contributed by atoms with Gasteiger partial charge in [-0.2, -0.15) is 5.10 Å². The minimum absolute atomic E-state index is 0.0341. The smallest absolute Gasteiger partial charge is 0.191 e. The number of aromatic nitrogens is 2. The molecule has 0 spiro atoms. The van der Waals surface area contributed by atoms with Crippen LogP contribution in [0, 0.1) is 13.8 Å². The number of hydrogen-bond donors (Lipinski definition) is 2. The average Bonchev–Trinajstić information content (AvgIpc) is 3.04. The second kappa shape index (κ2) is 10.8. The molecule has 31 heavy (non-hydrogen) atoms. The van der Waals surface area contributed by atoms with Crippen molar-refractivity contribution < 1.29 is 4.74 Å². The summed E-state index contributed by atoms with van der Waals surface area (Å²) >= 11 is 0. The quantitative estimate of drug-likeness (QED) is 0.502. The lowest BCUT2D eigenvalue weighted by atomic mass is 10.0. The van der Waals surface area contributed by atoms with Gasteiger partial charge < -0.3 is 15.4 Å². The Kier molecular flexibility index (Phi) is 8.09. The third-order valence-electron chi connectivity index (χ3n) is 6.00. The van der Waals surface area contributed by atoms with Gasteiger partial charge in [0.25, 0.3) is 0 Å². The van der Waals surface area contributed by atoms with Gasteiger partial charge in [0.15, 0.2) is 5.96 Å². The van der Waals surface area contributed by atoms with Gasteiger partial charge in [0.2, 0.25) is 0 Å². The molecule has 1 fully saturated rings. The molecule has 0 aliphatic carbocycles. The highest BCUT2D eigenvalue weighted by Crippen LogP contribution is 2.17. The molecule has 2 N–H and O–H groups in total. The summed E-state index contributed by atoms with van der Waals surface area (Å²) in [6.45, 7) is 17.5. The highest BCUT2D eigenvalue weighted by Gasteiger charge is 2.28. The Bertz CT molecular complexity index is 852. The van der Waals surface area contributed by atoms with E-state index in [9.17, 15) is 0 Å². The van der Waals surface area contributed by atoms with Gasteiger partial charge in [-0.05, 0) is 40.2 Å². The molecule has 2 heterocycles. The predicted octanol–water partition coefficient (Wildman–Crippen LogP) is 2.71. The minimum atomic E-state index is 0.0341. The van der Waals surface area contributed by atoms with E-state index in [0.29, 0.717) is 6.54 Å². The molecule has 1 aromatic heterocycles. The minimum Gasteiger partial charge on any atom is -0.379 e. The fraction of sp³-hybridized carbons (Fsp3) is 0.583. The first-order valence-corrected chi connectivity index (χ1v) is 11.3. The predicted molar refractivity (Wildman–Crippen MR) is 127 cm³/mol. The second-order valence-electron chi connectivity index (χ2n) is 8.75. The third-order valence-corrected chi connectivity index (χ3v) is 6.00. The molecular weight excluding hydrogens is 388 g/mol. The van der Waals surface area contributed by atoms with Crippen LogP contribution in [0.15, 0.2) is 35.3 Å². The number of aliphatic imine (C=N–C) groups is 1. The van der Waals surface area contributed by atoms with Crippen molar-refractivity contribution in [2.45, 2.75) is 53.2 Å². The number of aryl methyl sites for hydroxylation is 1. The lowest BCUT2D eigenvalue weighted by Crippen LogP contribution is -2.56. The van der Waals surface area contributed by atoms with Crippen LogP contribution in [-0.2, 0) is 17.8 Å². The van der Waals surface area contributed by atoms with Crippen molar-refractivity contribution in [1.82, 2.24) is 25.3 Å². The summed E-state index contributed by atoms with van der Waals surface area (Å²) in [5.41, 5.74) is 4.70. The largest absolute Gasteiger partial charge is 0.379 e. The monoisotopic (exact) mass is 426 g/mol. The summed E-state index contributed by atoms with van der Waals surface area (Å²) in [4.78, 5) is 7.35. The molecule has 0 saturated carbocycles. The van der Waals surface area contributed by atoms with E-state index in [1.54, 1.807) is 0 Å². The first-order chi connectivity index (χ1) is 14.9. The van der Waals surface area contributed by atoms with Crippen molar-refractivity contribution in [2.75, 3.05) is 39.4 Å². The third kappa shape index (κ3) is 6.31. The molecule has 7 heteroatoms. The molecule has 3 rings (SSSR count). The van der Waals surface area contributed by atoms with E-state index in [1.807, 2.05) is 6.07 Å². The molecule has 0 amide bonds. The molecule has 0 bridgehead atoms. The van der Waals surface area contributed by atoms with Gasteiger partial charge in [0, 0.05) is 43.0 Å². The Morgan fingerprint density at radius 1 is 1.13 bits per heavy atom. The number of ether oxygens (including phenoxy) is 1.